The summed E-state index contributed by atoms with van der Waals surface area (Å²) in [4.78, 5) is 23.5. The Bertz CT molecular complexity index is 813. The predicted octanol–water partition coefficient (Wildman–Crippen LogP) is 2.28. The van der Waals surface area contributed by atoms with Gasteiger partial charge >= 0.3 is 0 Å². The number of aryl methyl sites for hydroxylation is 2. The number of rotatable bonds is 4. The van der Waals surface area contributed by atoms with Crippen molar-refractivity contribution in [2.75, 3.05) is 14.1 Å². The SMILES string of the molecule is CC(O)C(N)=O.CN(C)C1CCC(Oc2ncnc3sc4c(c23)CCC4)CC1. The maximum atomic E-state index is 9.67. The summed E-state index contributed by atoms with van der Waals surface area (Å²) in [6.07, 6.45) is 9.27. The van der Waals surface area contributed by atoms with Crippen molar-refractivity contribution < 1.29 is 14.6 Å². The van der Waals surface area contributed by atoms with Crippen LogP contribution in [0.2, 0.25) is 0 Å². The summed E-state index contributed by atoms with van der Waals surface area (Å²) in [6, 6.07) is 0.704. The van der Waals surface area contributed by atoms with E-state index in [0.29, 0.717) is 12.1 Å². The molecule has 1 amide bonds. The van der Waals surface area contributed by atoms with Crippen molar-refractivity contribution in [3.05, 3.63) is 16.8 Å². The standard InChI is InChI=1S/C17H23N3OS.C3H7NO2/c1-20(2)11-6-8-12(9-7-11)21-16-15-13-4-3-5-14(13)22-17(15)19-10-18-16;1-2(5)3(4)6/h10-12H,3-9H2,1-2H3;2,5H,1H3,(H2,4,6). The van der Waals surface area contributed by atoms with Gasteiger partial charge in [0, 0.05) is 10.9 Å². The minimum absolute atomic E-state index is 0.311. The predicted molar refractivity (Wildman–Crippen MR) is 111 cm³/mol. The lowest BCUT2D eigenvalue weighted by molar-refractivity contribution is -0.125. The number of thiophene rings is 1. The number of carbonyl (C=O) groups is 1. The zero-order valence-corrected chi connectivity index (χ0v) is 17.7. The van der Waals surface area contributed by atoms with Crippen molar-refractivity contribution in [3.8, 4) is 5.88 Å². The first-order valence-electron chi connectivity index (χ1n) is 9.92. The van der Waals surface area contributed by atoms with Crippen molar-refractivity contribution in [2.45, 2.75) is 70.1 Å². The lowest BCUT2D eigenvalue weighted by Gasteiger charge is -2.32. The normalized spacial score (nSPS) is 22.5. The van der Waals surface area contributed by atoms with Crippen LogP contribution in [0.1, 0.15) is 49.5 Å². The monoisotopic (exact) mass is 406 g/mol. The average molecular weight is 407 g/mol. The molecule has 4 rings (SSSR count). The van der Waals surface area contributed by atoms with Gasteiger partial charge in [0.05, 0.1) is 5.39 Å². The number of aromatic nitrogens is 2. The first kappa shape index (κ1) is 21.0. The Kier molecular flexibility index (Phi) is 6.85. The van der Waals surface area contributed by atoms with Crippen LogP contribution in [0.3, 0.4) is 0 Å². The van der Waals surface area contributed by atoms with Crippen LogP contribution < -0.4 is 10.5 Å². The molecule has 2 aromatic rings. The van der Waals surface area contributed by atoms with Gasteiger partial charge in [0.1, 0.15) is 23.4 Å². The Labute approximate surface area is 169 Å². The molecule has 1 saturated carbocycles. The van der Waals surface area contributed by atoms with Gasteiger partial charge in [-0.25, -0.2) is 9.97 Å². The lowest BCUT2D eigenvalue weighted by Crippen LogP contribution is -2.35. The van der Waals surface area contributed by atoms with Crippen LogP contribution in [0, 0.1) is 0 Å². The molecular formula is C20H30N4O3S. The summed E-state index contributed by atoms with van der Waals surface area (Å²) in [7, 11) is 4.35. The largest absolute Gasteiger partial charge is 0.474 e. The smallest absolute Gasteiger partial charge is 0.245 e. The molecule has 0 aliphatic heterocycles. The number of aliphatic hydroxyl groups excluding tert-OH is 1. The highest BCUT2D eigenvalue weighted by atomic mass is 32.1. The second-order valence-corrected chi connectivity index (χ2v) is 8.89. The summed E-state index contributed by atoms with van der Waals surface area (Å²) in [5.74, 6) is 0.146. The summed E-state index contributed by atoms with van der Waals surface area (Å²) in [6.45, 7) is 1.32. The van der Waals surface area contributed by atoms with Crippen molar-refractivity contribution >= 4 is 27.5 Å². The van der Waals surface area contributed by atoms with Crippen molar-refractivity contribution in [2.24, 2.45) is 5.73 Å². The molecule has 2 aliphatic rings. The summed E-state index contributed by atoms with van der Waals surface area (Å²) in [5.41, 5.74) is 6.00. The number of hydrogen-bond acceptors (Lipinski definition) is 7. The third-order valence-electron chi connectivity index (χ3n) is 5.53. The molecule has 0 saturated heterocycles. The van der Waals surface area contributed by atoms with Gasteiger partial charge in [0.25, 0.3) is 0 Å². The Morgan fingerprint density at radius 3 is 2.57 bits per heavy atom. The second kappa shape index (κ2) is 9.15. The molecule has 0 aromatic carbocycles. The molecule has 7 nitrogen and oxygen atoms in total. The quantitative estimate of drug-likeness (QED) is 0.808. The third-order valence-corrected chi connectivity index (χ3v) is 6.73. The molecule has 154 valence electrons. The van der Waals surface area contributed by atoms with E-state index in [1.165, 1.54) is 48.4 Å². The highest BCUT2D eigenvalue weighted by Gasteiger charge is 2.26. The Morgan fingerprint density at radius 1 is 1.29 bits per heavy atom. The number of amides is 1. The van der Waals surface area contributed by atoms with Crippen LogP contribution in [0.5, 0.6) is 5.88 Å². The summed E-state index contributed by atoms with van der Waals surface area (Å²) >= 11 is 1.83. The van der Waals surface area contributed by atoms with E-state index in [1.54, 1.807) is 6.33 Å². The number of aliphatic hydroxyl groups is 1. The van der Waals surface area contributed by atoms with E-state index in [0.717, 1.165) is 30.0 Å². The van der Waals surface area contributed by atoms with E-state index in [1.807, 2.05) is 11.3 Å². The van der Waals surface area contributed by atoms with Crippen LogP contribution in [-0.4, -0.2) is 58.2 Å². The molecule has 2 aromatic heterocycles. The highest BCUT2D eigenvalue weighted by molar-refractivity contribution is 7.18. The van der Waals surface area contributed by atoms with Crippen molar-refractivity contribution in [1.82, 2.24) is 14.9 Å². The van der Waals surface area contributed by atoms with Gasteiger partial charge in [0.15, 0.2) is 0 Å². The molecule has 1 fully saturated rings. The maximum Gasteiger partial charge on any atom is 0.245 e. The Hall–Kier alpha value is -1.77. The van der Waals surface area contributed by atoms with E-state index in [9.17, 15) is 4.79 Å². The number of hydrogen-bond donors (Lipinski definition) is 2. The number of nitrogens with zero attached hydrogens (tertiary/aromatic N) is 3. The van der Waals surface area contributed by atoms with Gasteiger partial charge in [-0.05, 0) is 71.5 Å². The molecule has 2 aliphatic carbocycles. The summed E-state index contributed by atoms with van der Waals surface area (Å²) in [5, 5.41) is 9.36. The fraction of sp³-hybridized carbons (Fsp3) is 0.650. The molecule has 0 spiro atoms. The number of carbonyl (C=O) groups excluding carboxylic acids is 1. The van der Waals surface area contributed by atoms with Crippen molar-refractivity contribution in [3.63, 3.8) is 0 Å². The second-order valence-electron chi connectivity index (χ2n) is 7.81. The molecule has 2 heterocycles. The highest BCUT2D eigenvalue weighted by Crippen LogP contribution is 2.40. The van der Waals surface area contributed by atoms with Crippen LogP contribution in [0.4, 0.5) is 0 Å². The first-order valence-corrected chi connectivity index (χ1v) is 10.7. The molecule has 3 N–H and O–H groups in total. The number of primary amides is 1. The van der Waals surface area contributed by atoms with Crippen LogP contribution in [0.15, 0.2) is 6.33 Å². The molecule has 0 radical (unpaired) electrons. The van der Waals surface area contributed by atoms with Gasteiger partial charge in [-0.2, -0.15) is 0 Å². The molecule has 1 unspecified atom stereocenters. The molecule has 1 atom stereocenters. The van der Waals surface area contributed by atoms with E-state index >= 15 is 0 Å². The van der Waals surface area contributed by atoms with E-state index in [-0.39, 0.29) is 0 Å². The molecule has 28 heavy (non-hydrogen) atoms. The minimum atomic E-state index is -1.01. The van der Waals surface area contributed by atoms with E-state index in [2.05, 4.69) is 34.7 Å². The van der Waals surface area contributed by atoms with Crippen LogP contribution >= 0.6 is 11.3 Å². The van der Waals surface area contributed by atoms with Gasteiger partial charge < -0.3 is 20.5 Å². The topological polar surface area (TPSA) is 102 Å². The lowest BCUT2D eigenvalue weighted by atomic mass is 9.92. The third kappa shape index (κ3) is 4.79. The fourth-order valence-corrected chi connectivity index (χ4v) is 5.05. The van der Waals surface area contributed by atoms with Crippen LogP contribution in [-0.2, 0) is 17.6 Å². The molecule has 0 bridgehead atoms. The van der Waals surface area contributed by atoms with Gasteiger partial charge in [-0.3, -0.25) is 4.79 Å². The van der Waals surface area contributed by atoms with E-state index < -0.39 is 12.0 Å². The van der Waals surface area contributed by atoms with Crippen molar-refractivity contribution in [1.29, 1.82) is 0 Å². The van der Waals surface area contributed by atoms with Gasteiger partial charge in [-0.1, -0.05) is 0 Å². The number of fused-ring (bicyclic) bond motifs is 3. The van der Waals surface area contributed by atoms with E-state index in [4.69, 9.17) is 9.84 Å². The number of nitrogens with two attached hydrogens (primary N) is 1. The Balaban J connectivity index is 0.000000330. The summed E-state index contributed by atoms with van der Waals surface area (Å²) < 4.78 is 6.32. The molecule has 8 heteroatoms. The van der Waals surface area contributed by atoms with Gasteiger partial charge in [0.2, 0.25) is 11.8 Å². The van der Waals surface area contributed by atoms with Gasteiger partial charge in [-0.15, -0.1) is 11.3 Å². The number of ether oxygens (including phenoxy) is 1. The average Bonchev–Trinajstić information content (AvgIpc) is 3.24. The zero-order valence-electron chi connectivity index (χ0n) is 16.9. The Morgan fingerprint density at radius 2 is 1.96 bits per heavy atom. The molecular weight excluding hydrogens is 376 g/mol. The first-order chi connectivity index (χ1) is 13.4. The fourth-order valence-electron chi connectivity index (χ4n) is 3.83. The van der Waals surface area contributed by atoms with Crippen LogP contribution in [0.25, 0.3) is 10.2 Å². The zero-order chi connectivity index (χ0) is 20.3. The minimum Gasteiger partial charge on any atom is -0.474 e. The maximum absolute atomic E-state index is 9.67.